The van der Waals surface area contributed by atoms with Gasteiger partial charge in [0.25, 0.3) is 0 Å². The minimum Gasteiger partial charge on any atom is -0.371 e. The summed E-state index contributed by atoms with van der Waals surface area (Å²) in [5, 5.41) is 4.04. The predicted molar refractivity (Wildman–Crippen MR) is 88.5 cm³/mol. The Morgan fingerprint density at radius 2 is 2.05 bits per heavy atom. The number of rotatable bonds is 3. The second-order valence-corrected chi connectivity index (χ2v) is 7.42. The molecule has 2 saturated heterocycles. The zero-order valence-corrected chi connectivity index (χ0v) is 14.2. The third-order valence-corrected chi connectivity index (χ3v) is 6.14. The Hall–Kier alpha value is -0.780. The Bertz CT molecular complexity index is 566. The molecule has 3 N–H and O–H groups in total. The second-order valence-electron chi connectivity index (χ2n) is 6.16. The van der Waals surface area contributed by atoms with E-state index in [1.807, 2.05) is 18.2 Å². The molecular weight excluding hydrogens is 354 g/mol. The van der Waals surface area contributed by atoms with Crippen LogP contribution in [0.2, 0.25) is 5.02 Å². The molecule has 2 aliphatic rings. The number of anilines is 1. The zero-order valence-electron chi connectivity index (χ0n) is 11.9. The minimum absolute atomic E-state index is 0.265. The summed E-state index contributed by atoms with van der Waals surface area (Å²) in [7, 11) is 2.14. The maximum absolute atomic E-state index is 12.2. The predicted octanol–water partition coefficient (Wildman–Crippen LogP) is 3.00. The highest BCUT2D eigenvalue weighted by molar-refractivity contribution is 9.10. The van der Waals surface area contributed by atoms with Crippen molar-refractivity contribution in [2.75, 3.05) is 12.4 Å². The number of hydrogen-bond acceptors (Lipinski definition) is 3. The van der Waals surface area contributed by atoms with Gasteiger partial charge in [-0.25, -0.2) is 0 Å². The van der Waals surface area contributed by atoms with Gasteiger partial charge in [-0.1, -0.05) is 11.6 Å². The van der Waals surface area contributed by atoms with Crippen LogP contribution in [0.4, 0.5) is 5.69 Å². The molecule has 21 heavy (non-hydrogen) atoms. The number of benzene rings is 1. The van der Waals surface area contributed by atoms with Crippen LogP contribution >= 0.6 is 27.5 Å². The Balaban J connectivity index is 1.88. The number of carbonyl (C=O) groups excluding carboxylic acids is 1. The third-order valence-electron chi connectivity index (χ3n) is 4.93. The molecule has 0 spiro atoms. The van der Waals surface area contributed by atoms with Crippen molar-refractivity contribution in [3.8, 4) is 0 Å². The standard InChI is InChI=1S/C15H19BrClN3O/c1-20-10-3-4-11(20)8-15(7-10,14(18)21)19-9-2-5-13(17)12(16)6-9/h2,5-6,10-11,19H,3-4,7-8H2,1H3,(H2,18,21). The summed E-state index contributed by atoms with van der Waals surface area (Å²) >= 11 is 9.44. The van der Waals surface area contributed by atoms with Crippen molar-refractivity contribution in [2.24, 2.45) is 5.73 Å². The molecule has 6 heteroatoms. The fraction of sp³-hybridized carbons (Fsp3) is 0.533. The first-order valence-corrected chi connectivity index (χ1v) is 8.33. The molecule has 2 heterocycles. The van der Waals surface area contributed by atoms with Crippen LogP contribution in [0, 0.1) is 0 Å². The molecule has 2 atom stereocenters. The number of hydrogen-bond donors (Lipinski definition) is 2. The number of nitrogens with two attached hydrogens (primary N) is 1. The summed E-state index contributed by atoms with van der Waals surface area (Å²) in [6.07, 6.45) is 3.80. The van der Waals surface area contributed by atoms with E-state index in [0.29, 0.717) is 17.1 Å². The Morgan fingerprint density at radius 3 is 2.57 bits per heavy atom. The molecule has 0 aromatic heterocycles. The summed E-state index contributed by atoms with van der Waals surface area (Å²) in [6.45, 7) is 0. The number of fused-ring (bicyclic) bond motifs is 2. The summed E-state index contributed by atoms with van der Waals surface area (Å²) in [6, 6.07) is 6.45. The van der Waals surface area contributed by atoms with Crippen LogP contribution in [0.1, 0.15) is 25.7 Å². The molecule has 2 bridgehead atoms. The maximum Gasteiger partial charge on any atom is 0.243 e. The molecule has 3 rings (SSSR count). The van der Waals surface area contributed by atoms with Gasteiger partial charge in [0.1, 0.15) is 5.54 Å². The second kappa shape index (κ2) is 5.45. The molecule has 2 aliphatic heterocycles. The largest absolute Gasteiger partial charge is 0.371 e. The normalized spacial score (nSPS) is 32.1. The van der Waals surface area contributed by atoms with Crippen LogP contribution in [0.3, 0.4) is 0 Å². The van der Waals surface area contributed by atoms with Gasteiger partial charge in [-0.3, -0.25) is 4.79 Å². The molecule has 114 valence electrons. The van der Waals surface area contributed by atoms with Gasteiger partial charge in [0.2, 0.25) is 5.91 Å². The van der Waals surface area contributed by atoms with Crippen LogP contribution in [-0.4, -0.2) is 35.5 Å². The highest BCUT2D eigenvalue weighted by atomic mass is 79.9. The molecule has 4 nitrogen and oxygen atoms in total. The van der Waals surface area contributed by atoms with Gasteiger partial charge in [0.15, 0.2) is 0 Å². The van der Waals surface area contributed by atoms with E-state index in [1.165, 1.54) is 0 Å². The number of nitrogens with one attached hydrogen (secondary N) is 1. The fourth-order valence-corrected chi connectivity index (χ4v) is 4.18. The van der Waals surface area contributed by atoms with E-state index in [4.69, 9.17) is 17.3 Å². The van der Waals surface area contributed by atoms with Crippen molar-refractivity contribution in [2.45, 2.75) is 43.3 Å². The van der Waals surface area contributed by atoms with Gasteiger partial charge in [-0.05, 0) is 66.9 Å². The van der Waals surface area contributed by atoms with Crippen molar-refractivity contribution in [3.63, 3.8) is 0 Å². The molecule has 2 fully saturated rings. The number of amides is 1. The first-order chi connectivity index (χ1) is 9.91. The first-order valence-electron chi connectivity index (χ1n) is 7.16. The van der Waals surface area contributed by atoms with Crippen LogP contribution in [-0.2, 0) is 4.79 Å². The van der Waals surface area contributed by atoms with E-state index in [1.54, 1.807) is 0 Å². The summed E-state index contributed by atoms with van der Waals surface area (Å²) in [4.78, 5) is 14.6. The average Bonchev–Trinajstić information content (AvgIpc) is 2.66. The van der Waals surface area contributed by atoms with E-state index in [-0.39, 0.29) is 5.91 Å². The monoisotopic (exact) mass is 371 g/mol. The molecule has 1 aromatic carbocycles. The Kier molecular flexibility index (Phi) is 3.93. The summed E-state index contributed by atoms with van der Waals surface area (Å²) < 4.78 is 0.810. The van der Waals surface area contributed by atoms with Crippen LogP contribution in [0.25, 0.3) is 0 Å². The number of nitrogens with zero attached hydrogens (tertiary/aromatic N) is 1. The van der Waals surface area contributed by atoms with E-state index in [0.717, 1.165) is 35.8 Å². The van der Waals surface area contributed by atoms with Gasteiger partial charge in [-0.2, -0.15) is 0 Å². The summed E-state index contributed by atoms with van der Waals surface area (Å²) in [5.41, 5.74) is 5.97. The first kappa shape index (κ1) is 15.1. The molecule has 0 aliphatic carbocycles. The lowest BCUT2D eigenvalue weighted by atomic mass is 9.82. The van der Waals surface area contributed by atoms with Gasteiger partial charge >= 0.3 is 0 Å². The van der Waals surface area contributed by atoms with Crippen molar-refractivity contribution >= 4 is 39.1 Å². The Labute approximate surface area is 138 Å². The third kappa shape index (κ3) is 2.67. The van der Waals surface area contributed by atoms with Crippen molar-refractivity contribution in [1.29, 1.82) is 0 Å². The molecule has 0 saturated carbocycles. The van der Waals surface area contributed by atoms with Crippen LogP contribution < -0.4 is 11.1 Å². The van der Waals surface area contributed by atoms with E-state index < -0.39 is 5.54 Å². The quantitative estimate of drug-likeness (QED) is 0.857. The number of piperidine rings is 1. The van der Waals surface area contributed by atoms with Gasteiger partial charge in [-0.15, -0.1) is 0 Å². The zero-order chi connectivity index (χ0) is 15.2. The Morgan fingerprint density at radius 1 is 1.43 bits per heavy atom. The van der Waals surface area contributed by atoms with E-state index in [2.05, 4.69) is 33.2 Å². The number of halogens is 2. The SMILES string of the molecule is CN1C2CCC1CC(Nc1ccc(Cl)c(Br)c1)(C(N)=O)C2. The number of primary amides is 1. The summed E-state index contributed by atoms with van der Waals surface area (Å²) in [5.74, 6) is -0.265. The van der Waals surface area contributed by atoms with E-state index >= 15 is 0 Å². The molecular formula is C15H19BrClN3O. The highest BCUT2D eigenvalue weighted by Gasteiger charge is 2.50. The fourth-order valence-electron chi connectivity index (χ4n) is 3.69. The average molecular weight is 373 g/mol. The van der Waals surface area contributed by atoms with E-state index in [9.17, 15) is 4.79 Å². The smallest absolute Gasteiger partial charge is 0.243 e. The molecule has 1 amide bonds. The minimum atomic E-state index is -0.661. The lowest BCUT2D eigenvalue weighted by Gasteiger charge is -2.44. The van der Waals surface area contributed by atoms with Gasteiger partial charge < -0.3 is 16.0 Å². The van der Waals surface area contributed by atoms with Crippen molar-refractivity contribution in [1.82, 2.24) is 4.90 Å². The van der Waals surface area contributed by atoms with Crippen molar-refractivity contribution < 1.29 is 4.79 Å². The van der Waals surface area contributed by atoms with Crippen molar-refractivity contribution in [3.05, 3.63) is 27.7 Å². The van der Waals surface area contributed by atoms with Gasteiger partial charge in [0.05, 0.1) is 5.02 Å². The van der Waals surface area contributed by atoms with Crippen LogP contribution in [0.15, 0.2) is 22.7 Å². The maximum atomic E-state index is 12.2. The molecule has 1 aromatic rings. The number of carbonyl (C=O) groups is 1. The molecule has 0 radical (unpaired) electrons. The van der Waals surface area contributed by atoms with Gasteiger partial charge in [0, 0.05) is 22.2 Å². The van der Waals surface area contributed by atoms with Crippen LogP contribution in [0.5, 0.6) is 0 Å². The highest BCUT2D eigenvalue weighted by Crippen LogP contribution is 2.41. The molecule has 2 unspecified atom stereocenters. The topological polar surface area (TPSA) is 58.4 Å². The lowest BCUT2D eigenvalue weighted by Crippen LogP contribution is -2.59. The lowest BCUT2D eigenvalue weighted by molar-refractivity contribution is -0.124.